The zero-order valence-electron chi connectivity index (χ0n) is 9.91. The molecule has 1 rings (SSSR count). The first-order chi connectivity index (χ1) is 7.86. The molecule has 2 heteroatoms. The van der Waals surface area contributed by atoms with Crippen molar-refractivity contribution in [3.8, 4) is 6.07 Å². The molecule has 0 aliphatic carbocycles. The highest BCUT2D eigenvalue weighted by Gasteiger charge is 1.94. The van der Waals surface area contributed by atoms with Crippen molar-refractivity contribution in [2.75, 3.05) is 13.2 Å². The van der Waals surface area contributed by atoms with Crippen LogP contribution in [0.15, 0.2) is 24.3 Å². The van der Waals surface area contributed by atoms with Crippen molar-refractivity contribution in [3.63, 3.8) is 0 Å². The van der Waals surface area contributed by atoms with E-state index in [0.29, 0.717) is 0 Å². The Morgan fingerprint density at radius 2 is 1.88 bits per heavy atom. The molecule has 2 nitrogen and oxygen atoms in total. The highest BCUT2D eigenvalue weighted by molar-refractivity contribution is 5.31. The molecule has 0 aromatic heterocycles. The van der Waals surface area contributed by atoms with E-state index in [1.165, 1.54) is 5.56 Å². The maximum absolute atomic E-state index is 8.66. The lowest BCUT2D eigenvalue weighted by Gasteiger charge is -2.03. The molecular weight excluding hydrogens is 198 g/mol. The third kappa shape index (κ3) is 4.95. The second kappa shape index (κ2) is 7.90. The molecule has 0 bridgehead atoms. The fraction of sp³-hybridized carbons (Fsp3) is 0.500. The number of rotatable bonds is 7. The van der Waals surface area contributed by atoms with Crippen LogP contribution in [0.1, 0.15) is 37.3 Å². The van der Waals surface area contributed by atoms with Crippen LogP contribution >= 0.6 is 0 Å². The molecule has 0 atom stereocenters. The SMILES string of the molecule is CCCOCCCCc1ccc(C#N)cc1. The number of unbranched alkanes of at least 4 members (excludes halogenated alkanes) is 1. The Kier molecular flexibility index (Phi) is 6.29. The highest BCUT2D eigenvalue weighted by Crippen LogP contribution is 2.07. The zero-order valence-corrected chi connectivity index (χ0v) is 9.91. The van der Waals surface area contributed by atoms with Crippen LogP contribution in [-0.4, -0.2) is 13.2 Å². The van der Waals surface area contributed by atoms with E-state index in [0.717, 1.165) is 44.5 Å². The van der Waals surface area contributed by atoms with Crippen LogP contribution < -0.4 is 0 Å². The average molecular weight is 217 g/mol. The van der Waals surface area contributed by atoms with Gasteiger partial charge in [0.2, 0.25) is 0 Å². The zero-order chi connectivity index (χ0) is 11.6. The Morgan fingerprint density at radius 1 is 1.12 bits per heavy atom. The summed E-state index contributed by atoms with van der Waals surface area (Å²) in [4.78, 5) is 0. The predicted octanol–water partition coefficient (Wildman–Crippen LogP) is 3.31. The fourth-order valence-corrected chi connectivity index (χ4v) is 1.53. The van der Waals surface area contributed by atoms with Gasteiger partial charge in [-0.25, -0.2) is 0 Å². The second-order valence-corrected chi connectivity index (χ2v) is 3.88. The summed E-state index contributed by atoms with van der Waals surface area (Å²) in [5, 5.41) is 8.66. The van der Waals surface area contributed by atoms with Gasteiger partial charge in [0.15, 0.2) is 0 Å². The minimum absolute atomic E-state index is 0.732. The van der Waals surface area contributed by atoms with Crippen molar-refractivity contribution in [1.82, 2.24) is 0 Å². The van der Waals surface area contributed by atoms with E-state index in [-0.39, 0.29) is 0 Å². The number of hydrogen-bond acceptors (Lipinski definition) is 2. The molecule has 1 aromatic carbocycles. The Hall–Kier alpha value is -1.33. The van der Waals surface area contributed by atoms with Gasteiger partial charge in [-0.1, -0.05) is 19.1 Å². The molecule has 1 aromatic rings. The lowest BCUT2D eigenvalue weighted by atomic mass is 10.1. The fourth-order valence-electron chi connectivity index (χ4n) is 1.53. The molecule has 0 fully saturated rings. The van der Waals surface area contributed by atoms with Gasteiger partial charge in [0.25, 0.3) is 0 Å². The lowest BCUT2D eigenvalue weighted by molar-refractivity contribution is 0.131. The van der Waals surface area contributed by atoms with Crippen LogP contribution in [0, 0.1) is 11.3 Å². The van der Waals surface area contributed by atoms with E-state index in [9.17, 15) is 0 Å². The van der Waals surface area contributed by atoms with Crippen molar-refractivity contribution in [2.24, 2.45) is 0 Å². The summed E-state index contributed by atoms with van der Waals surface area (Å²) in [5.41, 5.74) is 2.03. The highest BCUT2D eigenvalue weighted by atomic mass is 16.5. The molecule has 0 heterocycles. The molecule has 0 saturated carbocycles. The minimum atomic E-state index is 0.732. The summed E-state index contributed by atoms with van der Waals surface area (Å²) in [6, 6.07) is 9.95. The van der Waals surface area contributed by atoms with Gasteiger partial charge in [0, 0.05) is 13.2 Å². The molecule has 16 heavy (non-hydrogen) atoms. The van der Waals surface area contributed by atoms with E-state index in [1.807, 2.05) is 24.3 Å². The Bertz CT molecular complexity index is 324. The van der Waals surface area contributed by atoms with Crippen molar-refractivity contribution in [3.05, 3.63) is 35.4 Å². The number of hydrogen-bond donors (Lipinski definition) is 0. The summed E-state index contributed by atoms with van der Waals surface area (Å²) < 4.78 is 5.41. The van der Waals surface area contributed by atoms with Gasteiger partial charge in [0.05, 0.1) is 11.6 Å². The Morgan fingerprint density at radius 3 is 2.50 bits per heavy atom. The molecule has 0 spiro atoms. The standard InChI is InChI=1S/C14H19NO/c1-2-10-16-11-4-3-5-13-6-8-14(12-15)9-7-13/h6-9H,2-5,10-11H2,1H3. The number of ether oxygens (including phenoxy) is 1. The smallest absolute Gasteiger partial charge is 0.0991 e. The number of benzene rings is 1. The number of nitrogens with zero attached hydrogens (tertiary/aromatic N) is 1. The third-order valence-electron chi connectivity index (χ3n) is 2.44. The summed E-state index contributed by atoms with van der Waals surface area (Å²) in [7, 11) is 0. The van der Waals surface area contributed by atoms with E-state index in [4.69, 9.17) is 10.00 Å². The maximum Gasteiger partial charge on any atom is 0.0991 e. The molecule has 0 saturated heterocycles. The molecule has 0 radical (unpaired) electrons. The maximum atomic E-state index is 8.66. The van der Waals surface area contributed by atoms with Crippen molar-refractivity contribution < 1.29 is 4.74 Å². The van der Waals surface area contributed by atoms with E-state index >= 15 is 0 Å². The van der Waals surface area contributed by atoms with Gasteiger partial charge in [-0.2, -0.15) is 5.26 Å². The number of nitriles is 1. The van der Waals surface area contributed by atoms with Crippen LogP contribution in [0.3, 0.4) is 0 Å². The Labute approximate surface area is 97.9 Å². The van der Waals surface area contributed by atoms with E-state index in [1.54, 1.807) is 0 Å². The first-order valence-corrected chi connectivity index (χ1v) is 5.93. The second-order valence-electron chi connectivity index (χ2n) is 3.88. The summed E-state index contributed by atoms with van der Waals surface area (Å²) in [5.74, 6) is 0. The largest absolute Gasteiger partial charge is 0.381 e. The topological polar surface area (TPSA) is 33.0 Å². The lowest BCUT2D eigenvalue weighted by Crippen LogP contribution is -1.96. The molecule has 86 valence electrons. The van der Waals surface area contributed by atoms with Crippen LogP contribution in [0.4, 0.5) is 0 Å². The first kappa shape index (κ1) is 12.7. The summed E-state index contributed by atoms with van der Waals surface area (Å²) in [6.07, 6.45) is 4.42. The van der Waals surface area contributed by atoms with Crippen LogP contribution in [0.25, 0.3) is 0 Å². The number of aryl methyl sites for hydroxylation is 1. The monoisotopic (exact) mass is 217 g/mol. The van der Waals surface area contributed by atoms with Gasteiger partial charge in [-0.15, -0.1) is 0 Å². The van der Waals surface area contributed by atoms with Crippen molar-refractivity contribution in [1.29, 1.82) is 5.26 Å². The summed E-state index contributed by atoms with van der Waals surface area (Å²) >= 11 is 0. The Balaban J connectivity index is 2.15. The molecule has 0 amide bonds. The van der Waals surface area contributed by atoms with Gasteiger partial charge in [-0.05, 0) is 43.4 Å². The van der Waals surface area contributed by atoms with Gasteiger partial charge in [0.1, 0.15) is 0 Å². The molecule has 0 unspecified atom stereocenters. The quantitative estimate of drug-likeness (QED) is 0.656. The third-order valence-corrected chi connectivity index (χ3v) is 2.44. The summed E-state index contributed by atoms with van der Waals surface area (Å²) in [6.45, 7) is 3.86. The van der Waals surface area contributed by atoms with Crippen LogP contribution in [0.5, 0.6) is 0 Å². The van der Waals surface area contributed by atoms with E-state index in [2.05, 4.69) is 13.0 Å². The van der Waals surface area contributed by atoms with Gasteiger partial charge in [-0.3, -0.25) is 0 Å². The molecule has 0 aliphatic heterocycles. The predicted molar refractivity (Wildman–Crippen MR) is 65.2 cm³/mol. The molecular formula is C14H19NO. The van der Waals surface area contributed by atoms with Gasteiger partial charge < -0.3 is 4.74 Å². The normalized spacial score (nSPS) is 10.0. The first-order valence-electron chi connectivity index (χ1n) is 5.93. The van der Waals surface area contributed by atoms with Crippen LogP contribution in [-0.2, 0) is 11.2 Å². The molecule has 0 aliphatic rings. The molecule has 0 N–H and O–H groups in total. The average Bonchev–Trinajstić information content (AvgIpc) is 2.34. The minimum Gasteiger partial charge on any atom is -0.381 e. The van der Waals surface area contributed by atoms with Crippen LogP contribution in [0.2, 0.25) is 0 Å². The van der Waals surface area contributed by atoms with E-state index < -0.39 is 0 Å². The van der Waals surface area contributed by atoms with Crippen molar-refractivity contribution >= 4 is 0 Å². The van der Waals surface area contributed by atoms with Gasteiger partial charge >= 0.3 is 0 Å². The van der Waals surface area contributed by atoms with Crippen molar-refractivity contribution in [2.45, 2.75) is 32.6 Å².